The molecule has 0 saturated carbocycles. The molecule has 0 radical (unpaired) electrons. The number of aromatic nitrogens is 2. The Balaban J connectivity index is 1.62. The van der Waals surface area contributed by atoms with Gasteiger partial charge in [-0.25, -0.2) is 13.4 Å². The van der Waals surface area contributed by atoms with E-state index >= 15 is 0 Å². The van der Waals surface area contributed by atoms with Crippen molar-refractivity contribution in [2.75, 3.05) is 19.6 Å². The molecule has 1 amide bonds. The third-order valence-electron chi connectivity index (χ3n) is 4.70. The van der Waals surface area contributed by atoms with E-state index in [0.29, 0.717) is 31.6 Å². The zero-order valence-electron chi connectivity index (χ0n) is 16.3. The molecule has 152 valence electrons. The molecule has 1 fully saturated rings. The van der Waals surface area contributed by atoms with Crippen LogP contribution in [0.15, 0.2) is 41.6 Å². The highest BCUT2D eigenvalue weighted by Crippen LogP contribution is 2.21. The van der Waals surface area contributed by atoms with E-state index in [1.54, 1.807) is 6.20 Å². The molecule has 0 spiro atoms. The van der Waals surface area contributed by atoms with Crippen molar-refractivity contribution >= 4 is 15.9 Å². The smallest absolute Gasteiger partial charge is 0.251 e. The average Bonchev–Trinajstić information content (AvgIpc) is 3.06. The summed E-state index contributed by atoms with van der Waals surface area (Å²) in [6.07, 6.45) is 3.89. The van der Waals surface area contributed by atoms with E-state index < -0.39 is 10.0 Å². The number of benzene rings is 1. The van der Waals surface area contributed by atoms with Crippen molar-refractivity contribution in [3.8, 4) is 0 Å². The predicted octanol–water partition coefficient (Wildman–Crippen LogP) is 1.19. The van der Waals surface area contributed by atoms with Crippen molar-refractivity contribution < 1.29 is 17.9 Å². The molecule has 1 aliphatic heterocycles. The number of morpholine rings is 1. The Morgan fingerprint density at radius 2 is 1.86 bits per heavy atom. The van der Waals surface area contributed by atoms with E-state index in [0.717, 1.165) is 5.82 Å². The monoisotopic (exact) mass is 406 g/mol. The van der Waals surface area contributed by atoms with Crippen LogP contribution in [0.25, 0.3) is 0 Å². The van der Waals surface area contributed by atoms with Crippen LogP contribution in [-0.2, 0) is 28.2 Å². The molecule has 2 aromatic rings. The molecule has 1 saturated heterocycles. The number of carbonyl (C=O) groups excluding carboxylic acids is 1. The summed E-state index contributed by atoms with van der Waals surface area (Å²) < 4.78 is 34.7. The molecule has 1 aromatic heterocycles. The highest BCUT2D eigenvalue weighted by Gasteiger charge is 2.32. The fraction of sp³-hybridized carbons (Fsp3) is 0.474. The molecule has 0 bridgehead atoms. The first kappa shape index (κ1) is 20.5. The standard InChI is InChI=1S/C19H26N4O4S/c1-14-12-23(13-15(2)27-14)28(25,26)17-6-4-16(5-7-17)19(24)21-9-8-18-20-10-11-22(18)3/h4-7,10-11,14-15H,8-9,12-13H2,1-3H3,(H,21,24)/t14-,15-/m1/s1. The van der Waals surface area contributed by atoms with Crippen molar-refractivity contribution in [2.45, 2.75) is 37.4 Å². The van der Waals surface area contributed by atoms with Crippen LogP contribution < -0.4 is 5.32 Å². The van der Waals surface area contributed by atoms with Crippen molar-refractivity contribution in [1.29, 1.82) is 0 Å². The van der Waals surface area contributed by atoms with E-state index in [-0.39, 0.29) is 23.0 Å². The van der Waals surface area contributed by atoms with Crippen LogP contribution in [-0.4, -0.2) is 60.0 Å². The van der Waals surface area contributed by atoms with Gasteiger partial charge in [0.25, 0.3) is 5.91 Å². The molecule has 2 heterocycles. The van der Waals surface area contributed by atoms with Crippen LogP contribution in [0.1, 0.15) is 30.0 Å². The van der Waals surface area contributed by atoms with E-state index in [1.165, 1.54) is 28.6 Å². The minimum atomic E-state index is -3.61. The molecule has 8 nitrogen and oxygen atoms in total. The highest BCUT2D eigenvalue weighted by atomic mass is 32.2. The van der Waals surface area contributed by atoms with Gasteiger partial charge in [-0.2, -0.15) is 4.31 Å². The summed E-state index contributed by atoms with van der Waals surface area (Å²) in [5, 5.41) is 2.83. The number of nitrogens with zero attached hydrogens (tertiary/aromatic N) is 3. The molecule has 3 rings (SSSR count). The van der Waals surface area contributed by atoms with Crippen LogP contribution in [0, 0.1) is 0 Å². The van der Waals surface area contributed by atoms with Crippen molar-refractivity contribution in [2.24, 2.45) is 7.05 Å². The van der Waals surface area contributed by atoms with Gasteiger partial charge >= 0.3 is 0 Å². The third-order valence-corrected chi connectivity index (χ3v) is 6.54. The van der Waals surface area contributed by atoms with Crippen LogP contribution in [0.3, 0.4) is 0 Å². The summed E-state index contributed by atoms with van der Waals surface area (Å²) in [6, 6.07) is 6.04. The molecule has 0 aliphatic carbocycles. The minimum Gasteiger partial charge on any atom is -0.373 e. The van der Waals surface area contributed by atoms with Gasteiger partial charge in [0.2, 0.25) is 10.0 Å². The minimum absolute atomic E-state index is 0.151. The molecular weight excluding hydrogens is 380 g/mol. The number of sulfonamides is 1. The summed E-state index contributed by atoms with van der Waals surface area (Å²) in [7, 11) is -1.71. The highest BCUT2D eigenvalue weighted by molar-refractivity contribution is 7.89. The number of amides is 1. The Bertz CT molecular complexity index is 914. The number of ether oxygens (including phenoxy) is 1. The number of nitrogens with one attached hydrogen (secondary N) is 1. The van der Waals surface area contributed by atoms with Gasteiger partial charge in [-0.3, -0.25) is 4.79 Å². The van der Waals surface area contributed by atoms with Gasteiger partial charge in [0.1, 0.15) is 5.82 Å². The summed E-state index contributed by atoms with van der Waals surface area (Å²) in [5.74, 6) is 0.641. The van der Waals surface area contributed by atoms with E-state index in [2.05, 4.69) is 10.3 Å². The Kier molecular flexibility index (Phi) is 6.17. The molecule has 1 N–H and O–H groups in total. The molecule has 2 atom stereocenters. The lowest BCUT2D eigenvalue weighted by Gasteiger charge is -2.34. The Morgan fingerprint density at radius 3 is 2.43 bits per heavy atom. The SMILES string of the molecule is C[C@@H]1CN(S(=O)(=O)c2ccc(C(=O)NCCc3nccn3C)cc2)C[C@@H](C)O1. The topological polar surface area (TPSA) is 93.5 Å². The maximum atomic E-state index is 12.9. The Morgan fingerprint density at radius 1 is 1.21 bits per heavy atom. The van der Waals surface area contributed by atoms with Crippen LogP contribution in [0.2, 0.25) is 0 Å². The maximum Gasteiger partial charge on any atom is 0.251 e. The summed E-state index contributed by atoms with van der Waals surface area (Å²) in [4.78, 5) is 16.7. The second-order valence-electron chi connectivity index (χ2n) is 7.06. The third kappa shape index (κ3) is 4.60. The first-order valence-electron chi connectivity index (χ1n) is 9.27. The lowest BCUT2D eigenvalue weighted by molar-refractivity contribution is -0.0440. The molecule has 1 aliphatic rings. The van der Waals surface area contributed by atoms with Crippen molar-refractivity contribution in [3.63, 3.8) is 0 Å². The molecule has 9 heteroatoms. The second kappa shape index (κ2) is 8.42. The number of aryl methyl sites for hydroxylation is 1. The Labute approximate surface area is 165 Å². The number of hydrogen-bond acceptors (Lipinski definition) is 5. The lowest BCUT2D eigenvalue weighted by atomic mass is 10.2. The largest absolute Gasteiger partial charge is 0.373 e. The van der Waals surface area contributed by atoms with Gasteiger partial charge < -0.3 is 14.6 Å². The van der Waals surface area contributed by atoms with Gasteiger partial charge in [-0.1, -0.05) is 0 Å². The zero-order chi connectivity index (χ0) is 20.3. The van der Waals surface area contributed by atoms with E-state index in [4.69, 9.17) is 4.74 Å². The number of imidazole rings is 1. The average molecular weight is 407 g/mol. The van der Waals surface area contributed by atoms with Crippen molar-refractivity contribution in [3.05, 3.63) is 48.0 Å². The normalized spacial score (nSPS) is 20.8. The molecule has 28 heavy (non-hydrogen) atoms. The van der Waals surface area contributed by atoms with Gasteiger partial charge in [0.15, 0.2) is 0 Å². The number of rotatable bonds is 6. The van der Waals surface area contributed by atoms with Crippen LogP contribution in [0.4, 0.5) is 0 Å². The van der Waals surface area contributed by atoms with Gasteiger partial charge in [-0.05, 0) is 38.1 Å². The molecule has 1 aromatic carbocycles. The van der Waals surface area contributed by atoms with Gasteiger partial charge in [0, 0.05) is 51.1 Å². The first-order chi connectivity index (χ1) is 13.3. The first-order valence-corrected chi connectivity index (χ1v) is 10.7. The quantitative estimate of drug-likeness (QED) is 0.778. The second-order valence-corrected chi connectivity index (χ2v) is 9.00. The Hall–Kier alpha value is -2.23. The number of hydrogen-bond donors (Lipinski definition) is 1. The lowest BCUT2D eigenvalue weighted by Crippen LogP contribution is -2.48. The maximum absolute atomic E-state index is 12.9. The summed E-state index contributed by atoms with van der Waals surface area (Å²) >= 11 is 0. The van der Waals surface area contributed by atoms with E-state index in [9.17, 15) is 13.2 Å². The summed E-state index contributed by atoms with van der Waals surface area (Å²) in [6.45, 7) is 4.81. The molecule has 0 unspecified atom stereocenters. The van der Waals surface area contributed by atoms with E-state index in [1.807, 2.05) is 31.7 Å². The van der Waals surface area contributed by atoms with Gasteiger partial charge in [-0.15, -0.1) is 0 Å². The van der Waals surface area contributed by atoms with Crippen molar-refractivity contribution in [1.82, 2.24) is 19.2 Å². The zero-order valence-corrected chi connectivity index (χ0v) is 17.1. The van der Waals surface area contributed by atoms with Gasteiger partial charge in [0.05, 0.1) is 17.1 Å². The van der Waals surface area contributed by atoms with Crippen LogP contribution in [0.5, 0.6) is 0 Å². The fourth-order valence-electron chi connectivity index (χ4n) is 3.28. The van der Waals surface area contributed by atoms with Crippen LogP contribution >= 0.6 is 0 Å². The summed E-state index contributed by atoms with van der Waals surface area (Å²) in [5.41, 5.74) is 0.419. The molecular formula is C19H26N4O4S. The predicted molar refractivity (Wildman–Crippen MR) is 104 cm³/mol. The number of carbonyl (C=O) groups is 1. The fourth-order valence-corrected chi connectivity index (χ4v) is 4.87.